The van der Waals surface area contributed by atoms with Crippen molar-refractivity contribution in [2.75, 3.05) is 5.43 Å². The molecule has 0 saturated heterocycles. The number of imidazole rings is 1. The van der Waals surface area contributed by atoms with Gasteiger partial charge in [-0.15, -0.1) is 0 Å². The molecule has 2 aromatic heterocycles. The molecule has 2 heterocycles. The Balaban J connectivity index is 1.74. The number of nitrogens with zero attached hydrogens (tertiary/aromatic N) is 3. The predicted octanol–water partition coefficient (Wildman–Crippen LogP) is 1.76. The van der Waals surface area contributed by atoms with Gasteiger partial charge in [0.15, 0.2) is 11.5 Å². The normalized spacial score (nSPS) is 10.4. The number of carbonyl (C=O) groups is 1. The Kier molecular flexibility index (Phi) is 3.18. The average molecular weight is 289 g/mol. The number of aromatic amines is 1. The molecule has 0 fully saturated rings. The number of rotatable bonds is 3. The van der Waals surface area contributed by atoms with Crippen LogP contribution in [-0.2, 0) is 0 Å². The number of benzene rings is 1. The highest BCUT2D eigenvalue weighted by Crippen LogP contribution is 2.13. The predicted molar refractivity (Wildman–Crippen MR) is 74.2 cm³/mol. The summed E-state index contributed by atoms with van der Waals surface area (Å²) < 4.78 is 0. The number of nitrogens with one attached hydrogen (secondary N) is 3. The van der Waals surface area contributed by atoms with E-state index in [9.17, 15) is 4.79 Å². The van der Waals surface area contributed by atoms with Crippen molar-refractivity contribution in [3.8, 4) is 0 Å². The van der Waals surface area contributed by atoms with Crippen LogP contribution < -0.4 is 10.9 Å². The zero-order chi connectivity index (χ0) is 13.9. The Hall–Kier alpha value is -2.67. The van der Waals surface area contributed by atoms with E-state index in [1.807, 2.05) is 0 Å². The van der Waals surface area contributed by atoms with Gasteiger partial charge in [0.25, 0.3) is 5.91 Å². The minimum atomic E-state index is -0.298. The first-order valence-electron chi connectivity index (χ1n) is 5.70. The first-order valence-corrected chi connectivity index (χ1v) is 6.08. The number of aromatic nitrogens is 4. The molecule has 3 rings (SSSR count). The standard InChI is InChI=1S/C12H9ClN6O/c13-8-3-1-7(2-4-8)12(20)19-18-11-9-10(15-5-14-9)16-6-17-11/h1-6H,(H,19,20)(H2,14,15,16,17,18). The fourth-order valence-electron chi connectivity index (χ4n) is 1.65. The second-order valence-corrected chi connectivity index (χ2v) is 4.35. The maximum atomic E-state index is 11.9. The highest BCUT2D eigenvalue weighted by Gasteiger charge is 2.08. The molecule has 3 N–H and O–H groups in total. The van der Waals surface area contributed by atoms with E-state index < -0.39 is 0 Å². The van der Waals surface area contributed by atoms with E-state index in [4.69, 9.17) is 11.6 Å². The van der Waals surface area contributed by atoms with Gasteiger partial charge >= 0.3 is 0 Å². The van der Waals surface area contributed by atoms with Crippen molar-refractivity contribution < 1.29 is 4.79 Å². The molecule has 0 bridgehead atoms. The van der Waals surface area contributed by atoms with E-state index in [1.165, 1.54) is 12.7 Å². The SMILES string of the molecule is O=C(NNc1ncnc2nc[nH]c12)c1ccc(Cl)cc1. The van der Waals surface area contributed by atoms with Gasteiger partial charge < -0.3 is 4.98 Å². The average Bonchev–Trinajstić information content (AvgIpc) is 2.94. The molecule has 0 saturated carbocycles. The molecule has 0 aliphatic rings. The van der Waals surface area contributed by atoms with Crippen LogP contribution in [0.5, 0.6) is 0 Å². The van der Waals surface area contributed by atoms with Crippen LogP contribution in [0.1, 0.15) is 10.4 Å². The van der Waals surface area contributed by atoms with Crippen molar-refractivity contribution in [2.45, 2.75) is 0 Å². The van der Waals surface area contributed by atoms with E-state index in [2.05, 4.69) is 30.8 Å². The Morgan fingerprint density at radius 1 is 1.15 bits per heavy atom. The lowest BCUT2D eigenvalue weighted by Gasteiger charge is -2.07. The quantitative estimate of drug-likeness (QED) is 0.638. The van der Waals surface area contributed by atoms with Gasteiger partial charge in [-0.3, -0.25) is 15.6 Å². The van der Waals surface area contributed by atoms with Crippen molar-refractivity contribution in [3.05, 3.63) is 47.5 Å². The monoisotopic (exact) mass is 288 g/mol. The van der Waals surface area contributed by atoms with E-state index in [0.717, 1.165) is 0 Å². The Bertz CT molecular complexity index is 754. The van der Waals surface area contributed by atoms with Crippen LogP contribution in [0.2, 0.25) is 5.02 Å². The lowest BCUT2D eigenvalue weighted by Crippen LogP contribution is -2.29. The molecule has 0 unspecified atom stereocenters. The van der Waals surface area contributed by atoms with Crippen LogP contribution >= 0.6 is 11.6 Å². The van der Waals surface area contributed by atoms with Gasteiger partial charge in [-0.1, -0.05) is 11.6 Å². The Morgan fingerprint density at radius 2 is 1.95 bits per heavy atom. The Morgan fingerprint density at radius 3 is 2.75 bits per heavy atom. The summed E-state index contributed by atoms with van der Waals surface area (Å²) >= 11 is 5.77. The third-order valence-corrected chi connectivity index (χ3v) is 2.88. The third kappa shape index (κ3) is 2.39. The van der Waals surface area contributed by atoms with Crippen LogP contribution in [0, 0.1) is 0 Å². The molecule has 100 valence electrons. The van der Waals surface area contributed by atoms with Gasteiger partial charge in [0.05, 0.1) is 6.33 Å². The van der Waals surface area contributed by atoms with Crippen molar-refractivity contribution >= 4 is 34.5 Å². The molecule has 0 spiro atoms. The Labute approximate surface area is 118 Å². The smallest absolute Gasteiger partial charge is 0.269 e. The summed E-state index contributed by atoms with van der Waals surface area (Å²) in [6.07, 6.45) is 2.87. The minimum absolute atomic E-state index is 0.298. The van der Waals surface area contributed by atoms with E-state index in [-0.39, 0.29) is 5.91 Å². The lowest BCUT2D eigenvalue weighted by atomic mass is 10.2. The molecular weight excluding hydrogens is 280 g/mol. The fourth-order valence-corrected chi connectivity index (χ4v) is 1.78. The van der Waals surface area contributed by atoms with Crippen LogP contribution in [0.15, 0.2) is 36.9 Å². The van der Waals surface area contributed by atoms with Crippen molar-refractivity contribution in [3.63, 3.8) is 0 Å². The summed E-state index contributed by atoms with van der Waals surface area (Å²) in [6.45, 7) is 0. The van der Waals surface area contributed by atoms with Crippen LogP contribution in [-0.4, -0.2) is 25.8 Å². The number of amides is 1. The number of hydrazine groups is 1. The molecule has 0 aliphatic heterocycles. The number of halogens is 1. The van der Waals surface area contributed by atoms with E-state index >= 15 is 0 Å². The first-order chi connectivity index (χ1) is 9.74. The van der Waals surface area contributed by atoms with Gasteiger partial charge in [0.1, 0.15) is 11.8 Å². The molecule has 0 radical (unpaired) electrons. The molecule has 0 atom stereocenters. The molecule has 1 aromatic carbocycles. The summed E-state index contributed by atoms with van der Waals surface area (Å²) in [4.78, 5) is 26.8. The van der Waals surface area contributed by atoms with Gasteiger partial charge in [-0.25, -0.2) is 15.0 Å². The van der Waals surface area contributed by atoms with Crippen molar-refractivity contribution in [1.82, 2.24) is 25.4 Å². The number of H-pyrrole nitrogens is 1. The largest absolute Gasteiger partial charge is 0.340 e. The summed E-state index contributed by atoms with van der Waals surface area (Å²) in [7, 11) is 0. The zero-order valence-electron chi connectivity index (χ0n) is 10.1. The molecule has 8 heteroatoms. The van der Waals surface area contributed by atoms with E-state index in [0.29, 0.717) is 27.6 Å². The summed E-state index contributed by atoms with van der Waals surface area (Å²) in [6, 6.07) is 6.55. The molecule has 7 nitrogen and oxygen atoms in total. The molecule has 0 aliphatic carbocycles. The minimum Gasteiger partial charge on any atom is -0.340 e. The lowest BCUT2D eigenvalue weighted by molar-refractivity contribution is 0.0962. The second kappa shape index (κ2) is 5.14. The first kappa shape index (κ1) is 12.4. The highest BCUT2D eigenvalue weighted by atomic mass is 35.5. The van der Waals surface area contributed by atoms with Crippen LogP contribution in [0.4, 0.5) is 5.82 Å². The second-order valence-electron chi connectivity index (χ2n) is 3.91. The maximum Gasteiger partial charge on any atom is 0.269 e. The molecule has 3 aromatic rings. The highest BCUT2D eigenvalue weighted by molar-refractivity contribution is 6.30. The molecule has 1 amide bonds. The number of carbonyl (C=O) groups excluding carboxylic acids is 1. The van der Waals surface area contributed by atoms with Crippen molar-refractivity contribution in [2.24, 2.45) is 0 Å². The molecular formula is C12H9ClN6O. The summed E-state index contributed by atoms with van der Waals surface area (Å²) in [5, 5.41) is 0.574. The van der Waals surface area contributed by atoms with Gasteiger partial charge in [-0.05, 0) is 24.3 Å². The van der Waals surface area contributed by atoms with Crippen LogP contribution in [0.3, 0.4) is 0 Å². The molecule has 20 heavy (non-hydrogen) atoms. The fraction of sp³-hybridized carbons (Fsp3) is 0. The van der Waals surface area contributed by atoms with Gasteiger partial charge in [0.2, 0.25) is 0 Å². The zero-order valence-corrected chi connectivity index (χ0v) is 10.8. The maximum absolute atomic E-state index is 11.9. The number of fused-ring (bicyclic) bond motifs is 1. The van der Waals surface area contributed by atoms with E-state index in [1.54, 1.807) is 24.3 Å². The van der Waals surface area contributed by atoms with Gasteiger partial charge in [-0.2, -0.15) is 0 Å². The summed E-state index contributed by atoms with van der Waals surface area (Å²) in [5.41, 5.74) is 6.89. The topological polar surface area (TPSA) is 95.6 Å². The number of hydrogen-bond acceptors (Lipinski definition) is 5. The van der Waals surface area contributed by atoms with Crippen molar-refractivity contribution in [1.29, 1.82) is 0 Å². The van der Waals surface area contributed by atoms with Gasteiger partial charge in [0, 0.05) is 10.6 Å². The third-order valence-electron chi connectivity index (χ3n) is 2.62. The number of anilines is 1. The van der Waals surface area contributed by atoms with Crippen LogP contribution in [0.25, 0.3) is 11.2 Å². The summed E-state index contributed by atoms with van der Waals surface area (Å²) in [5.74, 6) is 0.141. The number of hydrogen-bond donors (Lipinski definition) is 3.